The molecule has 5 nitrogen and oxygen atoms in total. The Morgan fingerprint density at radius 1 is 1.31 bits per heavy atom. The summed E-state index contributed by atoms with van der Waals surface area (Å²) in [6.45, 7) is 0.0513. The molecule has 1 aromatic heterocycles. The van der Waals surface area contributed by atoms with Gasteiger partial charge in [-0.15, -0.1) is 0 Å². The smallest absolute Gasteiger partial charge is 0.231 e. The van der Waals surface area contributed by atoms with Gasteiger partial charge >= 0.3 is 0 Å². The molecular formula is C11H19N3O2. The van der Waals surface area contributed by atoms with E-state index in [-0.39, 0.29) is 18.6 Å². The zero-order valence-electron chi connectivity index (χ0n) is 9.43. The average molecular weight is 225 g/mol. The van der Waals surface area contributed by atoms with E-state index in [1.165, 1.54) is 19.3 Å². The fourth-order valence-corrected chi connectivity index (χ4v) is 2.26. The van der Waals surface area contributed by atoms with Crippen LogP contribution in [0, 0.1) is 0 Å². The molecular weight excluding hydrogens is 206 g/mol. The molecule has 0 saturated heterocycles. The van der Waals surface area contributed by atoms with Crippen LogP contribution in [0.5, 0.6) is 0 Å². The van der Waals surface area contributed by atoms with Crippen LogP contribution in [0.1, 0.15) is 49.7 Å². The van der Waals surface area contributed by atoms with Crippen LogP contribution in [0.4, 0.5) is 0 Å². The molecule has 2 atom stereocenters. The monoisotopic (exact) mass is 225 g/mol. The third-order valence-corrected chi connectivity index (χ3v) is 3.21. The Morgan fingerprint density at radius 3 is 2.94 bits per heavy atom. The van der Waals surface area contributed by atoms with E-state index in [4.69, 9.17) is 15.4 Å². The Labute approximate surface area is 95.0 Å². The first kappa shape index (κ1) is 11.5. The van der Waals surface area contributed by atoms with Gasteiger partial charge in [0.1, 0.15) is 0 Å². The van der Waals surface area contributed by atoms with Crippen molar-refractivity contribution in [1.82, 2.24) is 10.1 Å². The largest absolute Gasteiger partial charge is 0.396 e. The normalized spacial score (nSPS) is 26.6. The van der Waals surface area contributed by atoms with Crippen molar-refractivity contribution in [3.8, 4) is 0 Å². The molecule has 1 aliphatic carbocycles. The lowest BCUT2D eigenvalue weighted by Gasteiger charge is -2.16. The molecule has 1 heterocycles. The highest BCUT2D eigenvalue weighted by molar-refractivity contribution is 4.99. The second-order valence-electron chi connectivity index (χ2n) is 4.43. The molecule has 1 saturated carbocycles. The third-order valence-electron chi connectivity index (χ3n) is 3.21. The highest BCUT2D eigenvalue weighted by Gasteiger charge is 2.26. The predicted octanol–water partition coefficient (Wildman–Crippen LogP) is 0.979. The number of hydrogen-bond donors (Lipinski definition) is 2. The minimum atomic E-state index is 0.0513. The Bertz CT molecular complexity index is 327. The van der Waals surface area contributed by atoms with Crippen LogP contribution < -0.4 is 5.73 Å². The zero-order valence-corrected chi connectivity index (χ0v) is 9.43. The van der Waals surface area contributed by atoms with E-state index in [1.807, 2.05) is 0 Å². The van der Waals surface area contributed by atoms with E-state index in [0.29, 0.717) is 18.1 Å². The van der Waals surface area contributed by atoms with Crippen molar-refractivity contribution in [1.29, 1.82) is 0 Å². The van der Waals surface area contributed by atoms with Crippen molar-refractivity contribution in [2.75, 3.05) is 6.61 Å². The number of nitrogens with zero attached hydrogens (tertiary/aromatic N) is 2. The van der Waals surface area contributed by atoms with Crippen LogP contribution in [0.15, 0.2) is 4.52 Å². The molecule has 2 unspecified atom stereocenters. The first-order valence-electron chi connectivity index (χ1n) is 6.00. The molecule has 0 bridgehead atoms. The molecule has 0 spiro atoms. The summed E-state index contributed by atoms with van der Waals surface area (Å²) >= 11 is 0. The van der Waals surface area contributed by atoms with E-state index in [9.17, 15) is 0 Å². The zero-order chi connectivity index (χ0) is 11.4. The van der Waals surface area contributed by atoms with E-state index in [2.05, 4.69) is 10.1 Å². The Morgan fingerprint density at radius 2 is 2.12 bits per heavy atom. The number of nitrogens with two attached hydrogens (primary N) is 1. The summed E-state index contributed by atoms with van der Waals surface area (Å²) in [5.41, 5.74) is 6.12. The number of aliphatic hydroxyl groups excluding tert-OH is 1. The minimum absolute atomic E-state index is 0.0513. The van der Waals surface area contributed by atoms with Crippen LogP contribution in [0.2, 0.25) is 0 Å². The van der Waals surface area contributed by atoms with Gasteiger partial charge in [-0.2, -0.15) is 4.98 Å². The van der Waals surface area contributed by atoms with Gasteiger partial charge in [-0.05, 0) is 12.8 Å². The summed E-state index contributed by atoms with van der Waals surface area (Å²) in [6, 6.07) is 0.130. The van der Waals surface area contributed by atoms with Gasteiger partial charge in [0.05, 0.1) is 12.5 Å². The molecule has 1 aliphatic rings. The summed E-state index contributed by atoms with van der Waals surface area (Å²) in [4.78, 5) is 4.30. The highest BCUT2D eigenvalue weighted by atomic mass is 16.5. The first-order chi connectivity index (χ1) is 7.81. The minimum Gasteiger partial charge on any atom is -0.396 e. The lowest BCUT2D eigenvalue weighted by molar-refractivity contribution is 0.290. The standard InChI is InChI=1S/C11H19N3O2/c12-9-5-3-1-2-4-8(9)11-13-10(6-7-15)14-16-11/h8-9,15H,1-7,12H2. The Hall–Kier alpha value is -0.940. The average Bonchev–Trinajstić information content (AvgIpc) is 2.61. The molecule has 90 valence electrons. The molecule has 1 aromatic rings. The van der Waals surface area contributed by atoms with E-state index in [1.54, 1.807) is 0 Å². The highest BCUT2D eigenvalue weighted by Crippen LogP contribution is 2.29. The topological polar surface area (TPSA) is 85.2 Å². The van der Waals surface area contributed by atoms with Crippen LogP contribution >= 0.6 is 0 Å². The number of hydrogen-bond acceptors (Lipinski definition) is 5. The molecule has 3 N–H and O–H groups in total. The maximum atomic E-state index is 8.79. The van der Waals surface area contributed by atoms with Gasteiger partial charge in [0.2, 0.25) is 5.89 Å². The molecule has 0 aliphatic heterocycles. The summed E-state index contributed by atoms with van der Waals surface area (Å²) in [6.07, 6.45) is 6.11. The summed E-state index contributed by atoms with van der Waals surface area (Å²) in [5.74, 6) is 1.43. The van der Waals surface area contributed by atoms with Crippen molar-refractivity contribution >= 4 is 0 Å². The van der Waals surface area contributed by atoms with Gasteiger partial charge in [0, 0.05) is 12.5 Å². The summed E-state index contributed by atoms with van der Waals surface area (Å²) < 4.78 is 5.23. The van der Waals surface area contributed by atoms with Crippen molar-refractivity contribution in [3.05, 3.63) is 11.7 Å². The van der Waals surface area contributed by atoms with Crippen molar-refractivity contribution in [2.45, 2.75) is 50.5 Å². The van der Waals surface area contributed by atoms with E-state index >= 15 is 0 Å². The summed E-state index contributed by atoms with van der Waals surface area (Å²) in [7, 11) is 0. The van der Waals surface area contributed by atoms with Crippen LogP contribution in [-0.4, -0.2) is 27.9 Å². The molecule has 0 aromatic carbocycles. The van der Waals surface area contributed by atoms with Gasteiger partial charge < -0.3 is 15.4 Å². The number of aromatic nitrogens is 2. The van der Waals surface area contributed by atoms with Gasteiger partial charge in [-0.1, -0.05) is 24.4 Å². The van der Waals surface area contributed by atoms with Crippen LogP contribution in [0.3, 0.4) is 0 Å². The van der Waals surface area contributed by atoms with Crippen molar-refractivity contribution in [3.63, 3.8) is 0 Å². The lowest BCUT2D eigenvalue weighted by atomic mass is 9.95. The van der Waals surface area contributed by atoms with E-state index in [0.717, 1.165) is 12.8 Å². The molecule has 5 heteroatoms. The maximum absolute atomic E-state index is 8.79. The molecule has 16 heavy (non-hydrogen) atoms. The molecule has 2 rings (SSSR count). The quantitative estimate of drug-likeness (QED) is 0.749. The molecule has 0 amide bonds. The SMILES string of the molecule is NC1CCCCCC1c1nc(CCO)no1. The second-order valence-corrected chi connectivity index (χ2v) is 4.43. The number of rotatable bonds is 3. The van der Waals surface area contributed by atoms with Gasteiger partial charge in [-0.3, -0.25) is 0 Å². The van der Waals surface area contributed by atoms with Gasteiger partial charge in [0.15, 0.2) is 5.82 Å². The summed E-state index contributed by atoms with van der Waals surface area (Å²) in [5, 5.41) is 12.6. The van der Waals surface area contributed by atoms with Crippen LogP contribution in [-0.2, 0) is 6.42 Å². The first-order valence-corrected chi connectivity index (χ1v) is 6.00. The fraction of sp³-hybridized carbons (Fsp3) is 0.818. The van der Waals surface area contributed by atoms with Gasteiger partial charge in [0.25, 0.3) is 0 Å². The molecule has 0 radical (unpaired) electrons. The van der Waals surface area contributed by atoms with E-state index < -0.39 is 0 Å². The lowest BCUT2D eigenvalue weighted by Crippen LogP contribution is -2.27. The Kier molecular flexibility index (Phi) is 3.90. The molecule has 1 fully saturated rings. The van der Waals surface area contributed by atoms with Gasteiger partial charge in [-0.25, -0.2) is 0 Å². The second kappa shape index (κ2) is 5.41. The fourth-order valence-electron chi connectivity index (χ4n) is 2.26. The third kappa shape index (κ3) is 2.59. The Balaban J connectivity index is 2.08. The maximum Gasteiger partial charge on any atom is 0.231 e. The van der Waals surface area contributed by atoms with Crippen LogP contribution in [0.25, 0.3) is 0 Å². The predicted molar refractivity (Wildman–Crippen MR) is 58.9 cm³/mol. The van der Waals surface area contributed by atoms with Crippen molar-refractivity contribution in [2.24, 2.45) is 5.73 Å². The van der Waals surface area contributed by atoms with Crippen molar-refractivity contribution < 1.29 is 9.63 Å². The number of aliphatic hydroxyl groups is 1.